The first kappa shape index (κ1) is 17.2. The van der Waals surface area contributed by atoms with E-state index < -0.39 is 5.60 Å². The summed E-state index contributed by atoms with van der Waals surface area (Å²) in [7, 11) is 0. The van der Waals surface area contributed by atoms with Gasteiger partial charge in [-0.15, -0.1) is 5.10 Å². The van der Waals surface area contributed by atoms with Gasteiger partial charge in [0.25, 0.3) is 0 Å². The Labute approximate surface area is 146 Å². The molecule has 0 bridgehead atoms. The van der Waals surface area contributed by atoms with Crippen molar-refractivity contribution in [2.45, 2.75) is 44.9 Å². The van der Waals surface area contributed by atoms with Crippen LogP contribution in [0.3, 0.4) is 0 Å². The second-order valence-electron chi connectivity index (χ2n) is 6.93. The molecule has 2 heterocycles. The first-order valence-corrected chi connectivity index (χ1v) is 8.55. The lowest BCUT2D eigenvalue weighted by molar-refractivity contribution is 0.0736. The van der Waals surface area contributed by atoms with Crippen LogP contribution in [0, 0.1) is 0 Å². The molecule has 0 amide bonds. The summed E-state index contributed by atoms with van der Waals surface area (Å²) >= 11 is 6.19. The van der Waals surface area contributed by atoms with Crippen molar-refractivity contribution in [3.05, 3.63) is 40.7 Å². The van der Waals surface area contributed by atoms with Gasteiger partial charge in [-0.25, -0.2) is 4.68 Å². The van der Waals surface area contributed by atoms with Gasteiger partial charge in [-0.1, -0.05) is 22.9 Å². The average Bonchev–Trinajstić information content (AvgIpc) is 3.01. The number of phenolic OH excluding ortho intramolecular Hbond substituents is 1. The molecule has 0 aliphatic carbocycles. The van der Waals surface area contributed by atoms with Crippen molar-refractivity contribution in [3.8, 4) is 5.75 Å². The SMILES string of the molecule is CC(C)(O)c1cn(C2CCN(Cc3ccc(O)cc3Cl)CC2)nn1. The molecule has 7 heteroatoms. The van der Waals surface area contributed by atoms with E-state index in [1.54, 1.807) is 26.0 Å². The van der Waals surface area contributed by atoms with Crippen molar-refractivity contribution < 1.29 is 10.2 Å². The van der Waals surface area contributed by atoms with Crippen LogP contribution < -0.4 is 0 Å². The summed E-state index contributed by atoms with van der Waals surface area (Å²) in [6, 6.07) is 5.43. The van der Waals surface area contributed by atoms with Crippen LogP contribution in [0.4, 0.5) is 0 Å². The van der Waals surface area contributed by atoms with Crippen molar-refractivity contribution >= 4 is 11.6 Å². The summed E-state index contributed by atoms with van der Waals surface area (Å²) in [5.41, 5.74) is 0.660. The fourth-order valence-corrected chi connectivity index (χ4v) is 3.22. The molecular weight excluding hydrogens is 328 g/mol. The Morgan fingerprint density at radius 3 is 2.58 bits per heavy atom. The van der Waals surface area contributed by atoms with E-state index in [2.05, 4.69) is 15.2 Å². The number of phenols is 1. The molecule has 24 heavy (non-hydrogen) atoms. The van der Waals surface area contributed by atoms with Gasteiger partial charge in [0.15, 0.2) is 0 Å². The zero-order valence-electron chi connectivity index (χ0n) is 14.0. The normalized spacial score (nSPS) is 17.3. The molecule has 3 rings (SSSR count). The minimum Gasteiger partial charge on any atom is -0.508 e. The molecular formula is C17H23ClN4O2. The number of aromatic nitrogens is 3. The Morgan fingerprint density at radius 2 is 2.00 bits per heavy atom. The van der Waals surface area contributed by atoms with Crippen LogP contribution in [-0.4, -0.2) is 43.2 Å². The van der Waals surface area contributed by atoms with Gasteiger partial charge in [-0.3, -0.25) is 4.90 Å². The molecule has 2 aromatic rings. The molecule has 0 unspecified atom stereocenters. The van der Waals surface area contributed by atoms with Crippen LogP contribution in [-0.2, 0) is 12.1 Å². The number of benzene rings is 1. The highest BCUT2D eigenvalue weighted by Crippen LogP contribution is 2.27. The molecule has 1 aromatic heterocycles. The lowest BCUT2D eigenvalue weighted by Crippen LogP contribution is -2.34. The standard InChI is InChI=1S/C17H23ClN4O2/c1-17(2,24)16-11-22(20-19-16)13-5-7-21(8-6-13)10-12-3-4-14(23)9-15(12)18/h3-4,9,11,13,23-24H,5-8,10H2,1-2H3. The molecule has 1 aromatic carbocycles. The Balaban J connectivity index is 1.58. The second-order valence-corrected chi connectivity index (χ2v) is 7.33. The van der Waals surface area contributed by atoms with E-state index in [9.17, 15) is 10.2 Å². The monoisotopic (exact) mass is 350 g/mol. The first-order chi connectivity index (χ1) is 11.3. The minimum atomic E-state index is -0.964. The summed E-state index contributed by atoms with van der Waals surface area (Å²) in [6.45, 7) is 6.09. The fraction of sp³-hybridized carbons (Fsp3) is 0.529. The van der Waals surface area contributed by atoms with Gasteiger partial charge in [0.05, 0.1) is 12.2 Å². The lowest BCUT2D eigenvalue weighted by Gasteiger charge is -2.32. The smallest absolute Gasteiger partial charge is 0.117 e. The number of hydrogen-bond acceptors (Lipinski definition) is 5. The van der Waals surface area contributed by atoms with Crippen LogP contribution in [0.5, 0.6) is 5.75 Å². The summed E-state index contributed by atoms with van der Waals surface area (Å²) in [5, 5.41) is 28.3. The van der Waals surface area contributed by atoms with Gasteiger partial charge in [-0.2, -0.15) is 0 Å². The number of piperidine rings is 1. The number of aromatic hydroxyl groups is 1. The Bertz CT molecular complexity index is 703. The Kier molecular flexibility index (Phi) is 4.80. The average molecular weight is 351 g/mol. The van der Waals surface area contributed by atoms with Crippen molar-refractivity contribution in [3.63, 3.8) is 0 Å². The van der Waals surface area contributed by atoms with Crippen LogP contribution >= 0.6 is 11.6 Å². The fourth-order valence-electron chi connectivity index (χ4n) is 2.98. The topological polar surface area (TPSA) is 74.4 Å². The Hall–Kier alpha value is -1.63. The van der Waals surface area contributed by atoms with E-state index >= 15 is 0 Å². The van der Waals surface area contributed by atoms with E-state index in [1.165, 1.54) is 0 Å². The maximum Gasteiger partial charge on any atom is 0.117 e. The van der Waals surface area contributed by atoms with Crippen molar-refractivity contribution in [2.24, 2.45) is 0 Å². The zero-order chi connectivity index (χ0) is 17.3. The molecule has 130 valence electrons. The van der Waals surface area contributed by atoms with Crippen LogP contribution in [0.25, 0.3) is 0 Å². The van der Waals surface area contributed by atoms with E-state index in [-0.39, 0.29) is 5.75 Å². The Morgan fingerprint density at radius 1 is 1.29 bits per heavy atom. The highest BCUT2D eigenvalue weighted by molar-refractivity contribution is 6.31. The molecule has 1 aliphatic rings. The van der Waals surface area contributed by atoms with E-state index in [4.69, 9.17) is 11.6 Å². The van der Waals surface area contributed by atoms with Gasteiger partial charge in [0.2, 0.25) is 0 Å². The van der Waals surface area contributed by atoms with E-state index in [0.717, 1.165) is 38.0 Å². The molecule has 1 fully saturated rings. The quantitative estimate of drug-likeness (QED) is 0.886. The molecule has 0 spiro atoms. The maximum absolute atomic E-state index is 10.00. The predicted molar refractivity (Wildman–Crippen MR) is 91.9 cm³/mol. The second kappa shape index (κ2) is 6.70. The van der Waals surface area contributed by atoms with Crippen LogP contribution in [0.2, 0.25) is 5.02 Å². The van der Waals surface area contributed by atoms with Gasteiger partial charge in [0.1, 0.15) is 17.0 Å². The number of aliphatic hydroxyl groups is 1. The molecule has 1 aliphatic heterocycles. The molecule has 0 radical (unpaired) electrons. The number of rotatable bonds is 4. The zero-order valence-corrected chi connectivity index (χ0v) is 14.7. The molecule has 0 atom stereocenters. The number of halogens is 1. The third kappa shape index (κ3) is 3.88. The van der Waals surface area contributed by atoms with Gasteiger partial charge >= 0.3 is 0 Å². The van der Waals surface area contributed by atoms with Gasteiger partial charge in [-0.05, 0) is 44.4 Å². The molecule has 0 saturated carbocycles. The van der Waals surface area contributed by atoms with Gasteiger partial charge in [0, 0.05) is 24.7 Å². The molecule has 1 saturated heterocycles. The summed E-state index contributed by atoms with van der Waals surface area (Å²) in [5.74, 6) is 0.191. The summed E-state index contributed by atoms with van der Waals surface area (Å²) in [4.78, 5) is 2.35. The van der Waals surface area contributed by atoms with Crippen LogP contribution in [0.15, 0.2) is 24.4 Å². The van der Waals surface area contributed by atoms with E-state index in [0.29, 0.717) is 16.8 Å². The summed E-state index contributed by atoms with van der Waals surface area (Å²) < 4.78 is 1.87. The maximum atomic E-state index is 10.00. The highest BCUT2D eigenvalue weighted by atomic mass is 35.5. The van der Waals surface area contributed by atoms with Crippen molar-refractivity contribution in [2.75, 3.05) is 13.1 Å². The predicted octanol–water partition coefficient (Wildman–Crippen LogP) is 2.70. The largest absolute Gasteiger partial charge is 0.508 e. The lowest BCUT2D eigenvalue weighted by atomic mass is 10.0. The third-order valence-corrected chi connectivity index (χ3v) is 4.85. The van der Waals surface area contributed by atoms with Crippen molar-refractivity contribution in [1.82, 2.24) is 19.9 Å². The highest BCUT2D eigenvalue weighted by Gasteiger charge is 2.25. The number of nitrogens with zero attached hydrogens (tertiary/aromatic N) is 4. The number of hydrogen-bond donors (Lipinski definition) is 2. The van der Waals surface area contributed by atoms with Crippen LogP contribution in [0.1, 0.15) is 44.0 Å². The minimum absolute atomic E-state index is 0.191. The third-order valence-electron chi connectivity index (χ3n) is 4.50. The van der Waals surface area contributed by atoms with Crippen molar-refractivity contribution in [1.29, 1.82) is 0 Å². The molecule has 6 nitrogen and oxygen atoms in total. The first-order valence-electron chi connectivity index (χ1n) is 8.17. The van der Waals surface area contributed by atoms with E-state index in [1.807, 2.05) is 16.9 Å². The number of likely N-dealkylation sites (tertiary alicyclic amines) is 1. The summed E-state index contributed by atoms with van der Waals surface area (Å²) in [6.07, 6.45) is 3.80. The van der Waals surface area contributed by atoms with Gasteiger partial charge < -0.3 is 10.2 Å². The molecule has 2 N–H and O–H groups in total.